The van der Waals surface area contributed by atoms with Gasteiger partial charge in [-0.05, 0) is 31.2 Å². The summed E-state index contributed by atoms with van der Waals surface area (Å²) in [5, 5.41) is 10.7. The van der Waals surface area contributed by atoms with Crippen molar-refractivity contribution >= 4 is 21.5 Å². The topological polar surface area (TPSA) is 92.9 Å². The van der Waals surface area contributed by atoms with Crippen molar-refractivity contribution in [3.8, 4) is 0 Å². The molecule has 0 aliphatic heterocycles. The van der Waals surface area contributed by atoms with Gasteiger partial charge in [-0.3, -0.25) is 10.1 Å². The first-order valence-corrected chi connectivity index (χ1v) is 8.48. The average molecular weight is 347 g/mol. The van der Waals surface area contributed by atoms with Gasteiger partial charge >= 0.3 is 0 Å². The summed E-state index contributed by atoms with van der Waals surface area (Å²) in [6.07, 6.45) is 0. The third-order valence-corrected chi connectivity index (χ3v) is 4.57. The van der Waals surface area contributed by atoms with Crippen LogP contribution in [0, 0.1) is 17.0 Å². The molecule has 0 aromatic heterocycles. The normalized spacial score (nSPS) is 12.0. The number of rotatable bonds is 4. The summed E-state index contributed by atoms with van der Waals surface area (Å²) >= 11 is 0. The fourth-order valence-electron chi connectivity index (χ4n) is 2.00. The zero-order valence-corrected chi connectivity index (χ0v) is 14.3. The maximum absolute atomic E-state index is 12.5. The van der Waals surface area contributed by atoms with Crippen molar-refractivity contribution in [2.45, 2.75) is 11.8 Å². The molecule has 0 heterocycles. The molecule has 0 aliphatic rings. The molecule has 0 amide bonds. The Labute approximate surface area is 140 Å². The highest BCUT2D eigenvalue weighted by Gasteiger charge is 2.17. The highest BCUT2D eigenvalue weighted by Crippen LogP contribution is 2.17. The average Bonchev–Trinajstić information content (AvgIpc) is 2.53. The van der Waals surface area contributed by atoms with E-state index in [-0.39, 0.29) is 16.4 Å². The van der Waals surface area contributed by atoms with E-state index in [0.717, 1.165) is 5.56 Å². The Morgan fingerprint density at radius 3 is 2.04 bits per heavy atom. The van der Waals surface area contributed by atoms with Gasteiger partial charge in [0, 0.05) is 31.8 Å². The lowest BCUT2D eigenvalue weighted by molar-refractivity contribution is -0.384. The molecule has 0 spiro atoms. The molecule has 0 radical (unpaired) electrons. The smallest absolute Gasteiger partial charge is 0.284 e. The first-order valence-electron chi connectivity index (χ1n) is 7.04. The number of nitro groups is 1. The van der Waals surface area contributed by atoms with Crippen LogP contribution in [0.2, 0.25) is 0 Å². The molecule has 0 saturated carbocycles. The quantitative estimate of drug-likeness (QED) is 0.367. The molecule has 8 heteroatoms. The standard InChI is InChI=1S/C16H17N3O4S/c1-12-4-10-15(11-5-12)24(22,23)17-16(18(2)3)13-6-8-14(9-7-13)19(20)21/h4-11H,1-3H3. The molecule has 0 bridgehead atoms. The Bertz CT molecular complexity index is 871. The summed E-state index contributed by atoms with van der Waals surface area (Å²) in [4.78, 5) is 11.9. The maximum atomic E-state index is 12.5. The number of sulfonamides is 1. The van der Waals surface area contributed by atoms with E-state index in [1.54, 1.807) is 31.1 Å². The van der Waals surface area contributed by atoms with Gasteiger partial charge < -0.3 is 4.90 Å². The first kappa shape index (κ1) is 17.6. The van der Waals surface area contributed by atoms with Crippen LogP contribution in [-0.4, -0.2) is 38.2 Å². The molecule has 0 saturated heterocycles. The van der Waals surface area contributed by atoms with Crippen molar-refractivity contribution in [2.24, 2.45) is 4.40 Å². The van der Waals surface area contributed by atoms with E-state index in [0.29, 0.717) is 5.56 Å². The van der Waals surface area contributed by atoms with Crippen molar-refractivity contribution in [3.63, 3.8) is 0 Å². The molecule has 24 heavy (non-hydrogen) atoms. The minimum absolute atomic E-state index is 0.0711. The van der Waals surface area contributed by atoms with Crippen molar-refractivity contribution < 1.29 is 13.3 Å². The lowest BCUT2D eigenvalue weighted by Gasteiger charge is -2.15. The molecule has 2 aromatic carbocycles. The SMILES string of the molecule is Cc1ccc(S(=O)(=O)N=C(c2ccc([N+](=O)[O-])cc2)N(C)C)cc1. The Kier molecular flexibility index (Phi) is 4.99. The first-order chi connectivity index (χ1) is 11.2. The molecular weight excluding hydrogens is 330 g/mol. The van der Waals surface area contributed by atoms with Crippen molar-refractivity contribution in [1.29, 1.82) is 0 Å². The minimum Gasteiger partial charge on any atom is -0.362 e. The van der Waals surface area contributed by atoms with Crippen LogP contribution in [0.1, 0.15) is 11.1 Å². The van der Waals surface area contributed by atoms with Crippen LogP contribution >= 0.6 is 0 Å². The lowest BCUT2D eigenvalue weighted by Crippen LogP contribution is -2.24. The van der Waals surface area contributed by atoms with E-state index in [1.807, 2.05) is 6.92 Å². The summed E-state index contributed by atoms with van der Waals surface area (Å²) < 4.78 is 28.9. The Balaban J connectivity index is 2.48. The molecule has 2 rings (SSSR count). The van der Waals surface area contributed by atoms with Gasteiger partial charge in [-0.15, -0.1) is 4.40 Å². The summed E-state index contributed by atoms with van der Waals surface area (Å²) in [7, 11) is -0.568. The highest BCUT2D eigenvalue weighted by atomic mass is 32.2. The molecule has 0 N–H and O–H groups in total. The summed E-state index contributed by atoms with van der Waals surface area (Å²) in [6, 6.07) is 12.0. The second-order valence-corrected chi connectivity index (χ2v) is 7.01. The van der Waals surface area contributed by atoms with Crippen LogP contribution in [0.25, 0.3) is 0 Å². The number of nitro benzene ring substituents is 1. The molecule has 0 fully saturated rings. The van der Waals surface area contributed by atoms with Crippen LogP contribution in [0.5, 0.6) is 0 Å². The molecular formula is C16H17N3O4S. The van der Waals surface area contributed by atoms with Gasteiger partial charge in [-0.25, -0.2) is 0 Å². The predicted octanol–water partition coefficient (Wildman–Crippen LogP) is 2.60. The van der Waals surface area contributed by atoms with Gasteiger partial charge in [0.15, 0.2) is 0 Å². The van der Waals surface area contributed by atoms with Gasteiger partial charge in [-0.2, -0.15) is 8.42 Å². The minimum atomic E-state index is -3.88. The van der Waals surface area contributed by atoms with Gasteiger partial charge in [-0.1, -0.05) is 17.7 Å². The predicted molar refractivity (Wildman–Crippen MR) is 91.7 cm³/mol. The van der Waals surface area contributed by atoms with Crippen molar-refractivity contribution in [1.82, 2.24) is 4.90 Å². The summed E-state index contributed by atoms with van der Waals surface area (Å²) in [5.41, 5.74) is 1.35. The number of nitrogens with zero attached hydrogens (tertiary/aromatic N) is 3. The van der Waals surface area contributed by atoms with Crippen LogP contribution < -0.4 is 0 Å². The van der Waals surface area contributed by atoms with Gasteiger partial charge in [0.1, 0.15) is 5.84 Å². The zero-order valence-electron chi connectivity index (χ0n) is 13.5. The zero-order chi connectivity index (χ0) is 17.9. The Hall–Kier alpha value is -2.74. The van der Waals surface area contributed by atoms with E-state index in [9.17, 15) is 18.5 Å². The third kappa shape index (κ3) is 3.96. The molecule has 7 nitrogen and oxygen atoms in total. The molecule has 0 unspecified atom stereocenters. The van der Waals surface area contributed by atoms with Gasteiger partial charge in [0.25, 0.3) is 15.7 Å². The number of amidine groups is 1. The summed E-state index contributed by atoms with van der Waals surface area (Å²) in [6.45, 7) is 1.86. The molecule has 0 atom stereocenters. The van der Waals surface area contributed by atoms with Crippen LogP contribution in [0.4, 0.5) is 5.69 Å². The summed E-state index contributed by atoms with van der Waals surface area (Å²) in [5.74, 6) is 0.200. The second-order valence-electron chi connectivity index (χ2n) is 5.40. The van der Waals surface area contributed by atoms with Gasteiger partial charge in [0.05, 0.1) is 9.82 Å². The van der Waals surface area contributed by atoms with Crippen LogP contribution in [0.15, 0.2) is 57.8 Å². The van der Waals surface area contributed by atoms with Crippen molar-refractivity contribution in [3.05, 3.63) is 69.8 Å². The van der Waals surface area contributed by atoms with Crippen LogP contribution in [0.3, 0.4) is 0 Å². The Morgan fingerprint density at radius 2 is 1.58 bits per heavy atom. The van der Waals surface area contributed by atoms with E-state index < -0.39 is 14.9 Å². The van der Waals surface area contributed by atoms with Crippen molar-refractivity contribution in [2.75, 3.05) is 14.1 Å². The number of hydrogen-bond acceptors (Lipinski definition) is 4. The number of aryl methyl sites for hydroxylation is 1. The number of non-ortho nitro benzene ring substituents is 1. The van der Waals surface area contributed by atoms with E-state index >= 15 is 0 Å². The van der Waals surface area contributed by atoms with Gasteiger partial charge in [0.2, 0.25) is 0 Å². The fraction of sp³-hybridized carbons (Fsp3) is 0.188. The monoisotopic (exact) mass is 347 g/mol. The molecule has 0 aliphatic carbocycles. The highest BCUT2D eigenvalue weighted by molar-refractivity contribution is 7.90. The largest absolute Gasteiger partial charge is 0.362 e. The lowest BCUT2D eigenvalue weighted by atomic mass is 10.2. The van der Waals surface area contributed by atoms with E-state index in [1.165, 1.54) is 36.4 Å². The maximum Gasteiger partial charge on any atom is 0.284 e. The molecule has 2 aromatic rings. The Morgan fingerprint density at radius 1 is 1.04 bits per heavy atom. The molecule has 126 valence electrons. The second kappa shape index (κ2) is 6.79. The van der Waals surface area contributed by atoms with E-state index in [2.05, 4.69) is 4.40 Å². The number of benzene rings is 2. The fourth-order valence-corrected chi connectivity index (χ4v) is 3.08. The third-order valence-electron chi connectivity index (χ3n) is 3.29. The van der Waals surface area contributed by atoms with E-state index in [4.69, 9.17) is 0 Å². The van der Waals surface area contributed by atoms with Crippen LogP contribution in [-0.2, 0) is 10.0 Å². The number of hydrogen-bond donors (Lipinski definition) is 0.